The summed E-state index contributed by atoms with van der Waals surface area (Å²) in [4.78, 5) is 14.5. The maximum Gasteiger partial charge on any atom is 0.226 e. The van der Waals surface area contributed by atoms with Gasteiger partial charge in [0.2, 0.25) is 5.91 Å². The standard InChI is InChI=1S/C14H26N2O2/c1-11-5-6-13(8-15-11)14(17)16-7-3-4-12(9-16)10-18-2/h11-13,15H,3-10H2,1-2H3. The van der Waals surface area contributed by atoms with E-state index in [1.807, 2.05) is 0 Å². The molecule has 0 bridgehead atoms. The fourth-order valence-corrected chi connectivity index (χ4v) is 3.10. The molecule has 18 heavy (non-hydrogen) atoms. The Bertz CT molecular complexity index is 273. The van der Waals surface area contributed by atoms with Crippen molar-refractivity contribution in [1.82, 2.24) is 10.2 Å². The highest BCUT2D eigenvalue weighted by atomic mass is 16.5. The lowest BCUT2D eigenvalue weighted by Crippen LogP contribution is -2.49. The van der Waals surface area contributed by atoms with Gasteiger partial charge < -0.3 is 15.0 Å². The molecule has 0 aliphatic carbocycles. The molecule has 1 N–H and O–H groups in total. The van der Waals surface area contributed by atoms with Crippen LogP contribution >= 0.6 is 0 Å². The van der Waals surface area contributed by atoms with Gasteiger partial charge in [-0.3, -0.25) is 4.79 Å². The number of carbonyl (C=O) groups excluding carboxylic acids is 1. The molecule has 4 nitrogen and oxygen atoms in total. The van der Waals surface area contributed by atoms with E-state index in [1.165, 1.54) is 6.42 Å². The Morgan fingerprint density at radius 1 is 1.39 bits per heavy atom. The molecular weight excluding hydrogens is 228 g/mol. The molecular formula is C14H26N2O2. The first-order valence-electron chi connectivity index (χ1n) is 7.21. The molecule has 2 heterocycles. The van der Waals surface area contributed by atoms with Gasteiger partial charge in [-0.1, -0.05) is 0 Å². The second-order valence-electron chi connectivity index (χ2n) is 5.83. The molecule has 0 aromatic rings. The third-order valence-corrected chi connectivity index (χ3v) is 4.24. The van der Waals surface area contributed by atoms with Crippen LogP contribution in [0.2, 0.25) is 0 Å². The van der Waals surface area contributed by atoms with Crippen LogP contribution in [0, 0.1) is 11.8 Å². The molecule has 0 saturated carbocycles. The third kappa shape index (κ3) is 3.45. The average Bonchev–Trinajstić information content (AvgIpc) is 2.39. The molecule has 0 spiro atoms. The number of nitrogens with zero attached hydrogens (tertiary/aromatic N) is 1. The van der Waals surface area contributed by atoms with Gasteiger partial charge in [0, 0.05) is 32.8 Å². The van der Waals surface area contributed by atoms with Crippen molar-refractivity contribution in [1.29, 1.82) is 0 Å². The van der Waals surface area contributed by atoms with E-state index in [0.717, 1.165) is 45.5 Å². The summed E-state index contributed by atoms with van der Waals surface area (Å²) in [6, 6.07) is 0.566. The SMILES string of the molecule is COCC1CCCN(C(=O)C2CCC(C)NC2)C1. The topological polar surface area (TPSA) is 41.6 Å². The summed E-state index contributed by atoms with van der Waals surface area (Å²) >= 11 is 0. The summed E-state index contributed by atoms with van der Waals surface area (Å²) in [5.41, 5.74) is 0. The van der Waals surface area contributed by atoms with Gasteiger partial charge in [-0.2, -0.15) is 0 Å². The number of amides is 1. The molecule has 2 aliphatic rings. The Kier molecular flexibility index (Phi) is 5.01. The van der Waals surface area contributed by atoms with Crippen molar-refractivity contribution in [3.05, 3.63) is 0 Å². The number of methoxy groups -OCH3 is 1. The number of rotatable bonds is 3. The molecule has 1 amide bonds. The normalized spacial score (nSPS) is 33.4. The molecule has 2 aliphatic heterocycles. The van der Waals surface area contributed by atoms with E-state index >= 15 is 0 Å². The fourth-order valence-electron chi connectivity index (χ4n) is 3.10. The number of hydrogen-bond acceptors (Lipinski definition) is 3. The van der Waals surface area contributed by atoms with Gasteiger partial charge >= 0.3 is 0 Å². The Hall–Kier alpha value is -0.610. The molecule has 2 fully saturated rings. The van der Waals surface area contributed by atoms with Crippen LogP contribution in [0.1, 0.15) is 32.6 Å². The lowest BCUT2D eigenvalue weighted by Gasteiger charge is -2.36. The number of nitrogens with one attached hydrogen (secondary N) is 1. The second-order valence-corrected chi connectivity index (χ2v) is 5.83. The average molecular weight is 254 g/mol. The van der Waals surface area contributed by atoms with Crippen LogP contribution < -0.4 is 5.32 Å². The zero-order valence-corrected chi connectivity index (χ0v) is 11.7. The molecule has 3 unspecified atom stereocenters. The number of ether oxygens (including phenoxy) is 1. The first kappa shape index (κ1) is 13.8. The van der Waals surface area contributed by atoms with Crippen LogP contribution in [0.15, 0.2) is 0 Å². The van der Waals surface area contributed by atoms with E-state index in [9.17, 15) is 4.79 Å². The lowest BCUT2D eigenvalue weighted by molar-refractivity contribution is -0.138. The van der Waals surface area contributed by atoms with Crippen LogP contribution in [0.5, 0.6) is 0 Å². The molecule has 0 aromatic carbocycles. The van der Waals surface area contributed by atoms with E-state index in [0.29, 0.717) is 17.9 Å². The minimum absolute atomic E-state index is 0.197. The van der Waals surface area contributed by atoms with E-state index in [-0.39, 0.29) is 5.92 Å². The zero-order valence-electron chi connectivity index (χ0n) is 11.7. The van der Waals surface area contributed by atoms with Gasteiger partial charge in [0.25, 0.3) is 0 Å². The summed E-state index contributed by atoms with van der Waals surface area (Å²) in [6.45, 7) is 5.65. The Morgan fingerprint density at radius 2 is 2.22 bits per heavy atom. The van der Waals surface area contributed by atoms with E-state index in [1.54, 1.807) is 7.11 Å². The predicted octanol–water partition coefficient (Wildman–Crippen LogP) is 1.26. The maximum atomic E-state index is 12.5. The van der Waals surface area contributed by atoms with E-state index < -0.39 is 0 Å². The van der Waals surface area contributed by atoms with Gasteiger partial charge in [0.1, 0.15) is 0 Å². The van der Waals surface area contributed by atoms with Crippen LogP contribution in [-0.4, -0.2) is 50.2 Å². The van der Waals surface area contributed by atoms with Crippen molar-refractivity contribution in [2.45, 2.75) is 38.6 Å². The zero-order chi connectivity index (χ0) is 13.0. The van der Waals surface area contributed by atoms with Gasteiger partial charge in [-0.15, -0.1) is 0 Å². The van der Waals surface area contributed by atoms with Gasteiger partial charge in [-0.05, 0) is 38.5 Å². The second kappa shape index (κ2) is 6.53. The largest absolute Gasteiger partial charge is 0.384 e. The number of hydrogen-bond donors (Lipinski definition) is 1. The first-order chi connectivity index (χ1) is 8.70. The quantitative estimate of drug-likeness (QED) is 0.824. The Labute approximate surface area is 110 Å². The molecule has 0 radical (unpaired) electrons. The fraction of sp³-hybridized carbons (Fsp3) is 0.929. The van der Waals surface area contributed by atoms with Gasteiger partial charge in [0.15, 0.2) is 0 Å². The minimum Gasteiger partial charge on any atom is -0.384 e. The van der Waals surface area contributed by atoms with Crippen molar-refractivity contribution in [2.24, 2.45) is 11.8 Å². The first-order valence-corrected chi connectivity index (χ1v) is 7.21. The van der Waals surface area contributed by atoms with Crippen molar-refractivity contribution in [3.8, 4) is 0 Å². The lowest BCUT2D eigenvalue weighted by atomic mass is 9.92. The van der Waals surface area contributed by atoms with Gasteiger partial charge in [0.05, 0.1) is 12.5 Å². The van der Waals surface area contributed by atoms with Crippen molar-refractivity contribution in [2.75, 3.05) is 33.4 Å². The number of piperidine rings is 2. The Morgan fingerprint density at radius 3 is 2.89 bits per heavy atom. The monoisotopic (exact) mass is 254 g/mol. The molecule has 4 heteroatoms. The molecule has 3 atom stereocenters. The predicted molar refractivity (Wildman–Crippen MR) is 71.4 cm³/mol. The highest BCUT2D eigenvalue weighted by Crippen LogP contribution is 2.22. The summed E-state index contributed by atoms with van der Waals surface area (Å²) < 4.78 is 5.22. The number of likely N-dealkylation sites (tertiary alicyclic amines) is 1. The minimum atomic E-state index is 0.197. The molecule has 2 saturated heterocycles. The summed E-state index contributed by atoms with van der Waals surface area (Å²) in [7, 11) is 1.74. The van der Waals surface area contributed by atoms with E-state index in [2.05, 4.69) is 17.1 Å². The summed E-state index contributed by atoms with van der Waals surface area (Å²) in [6.07, 6.45) is 4.47. The van der Waals surface area contributed by atoms with Crippen molar-refractivity contribution in [3.63, 3.8) is 0 Å². The van der Waals surface area contributed by atoms with Crippen LogP contribution in [0.4, 0.5) is 0 Å². The summed E-state index contributed by atoms with van der Waals surface area (Å²) in [5.74, 6) is 1.08. The molecule has 104 valence electrons. The van der Waals surface area contributed by atoms with Crippen molar-refractivity contribution >= 4 is 5.91 Å². The highest BCUT2D eigenvalue weighted by Gasteiger charge is 2.30. The molecule has 0 aromatic heterocycles. The van der Waals surface area contributed by atoms with Crippen LogP contribution in [-0.2, 0) is 9.53 Å². The highest BCUT2D eigenvalue weighted by molar-refractivity contribution is 5.79. The van der Waals surface area contributed by atoms with Crippen molar-refractivity contribution < 1.29 is 9.53 Å². The number of carbonyl (C=O) groups is 1. The summed E-state index contributed by atoms with van der Waals surface area (Å²) in [5, 5.41) is 3.42. The third-order valence-electron chi connectivity index (χ3n) is 4.24. The van der Waals surface area contributed by atoms with E-state index in [4.69, 9.17) is 4.74 Å². The van der Waals surface area contributed by atoms with Gasteiger partial charge in [-0.25, -0.2) is 0 Å². The van der Waals surface area contributed by atoms with Crippen LogP contribution in [0.3, 0.4) is 0 Å². The smallest absolute Gasteiger partial charge is 0.226 e. The Balaban J connectivity index is 1.84. The molecule has 2 rings (SSSR count). The van der Waals surface area contributed by atoms with Crippen LogP contribution in [0.25, 0.3) is 0 Å². The maximum absolute atomic E-state index is 12.5.